The lowest BCUT2D eigenvalue weighted by atomic mass is 9.70. The monoisotopic (exact) mass is 484 g/mol. The highest BCUT2D eigenvalue weighted by molar-refractivity contribution is 5.99. The molecule has 0 radical (unpaired) electrons. The number of carbonyl (C=O) groups is 1. The van der Waals surface area contributed by atoms with Gasteiger partial charge >= 0.3 is 6.18 Å². The summed E-state index contributed by atoms with van der Waals surface area (Å²) in [6.07, 6.45) is 2.42. The number of hydrogen-bond acceptors (Lipinski definition) is 5. The highest BCUT2D eigenvalue weighted by Gasteiger charge is 2.46. The number of imidazole rings is 1. The third kappa shape index (κ3) is 3.40. The summed E-state index contributed by atoms with van der Waals surface area (Å²) in [7, 11) is 0. The summed E-state index contributed by atoms with van der Waals surface area (Å²) in [6, 6.07) is 4.24. The first kappa shape index (κ1) is 21.8. The van der Waals surface area contributed by atoms with Gasteiger partial charge in [-0.2, -0.15) is 13.2 Å². The number of benzene rings is 1. The number of carbonyl (C=O) groups excluding carboxylic acids is 1. The summed E-state index contributed by atoms with van der Waals surface area (Å²) < 4.78 is 56.0. The van der Waals surface area contributed by atoms with Crippen LogP contribution in [-0.2, 0) is 6.18 Å². The molecule has 11 heteroatoms. The molecule has 6 rings (SSSR count). The Kier molecular flexibility index (Phi) is 4.74. The second-order valence-corrected chi connectivity index (χ2v) is 9.15. The van der Waals surface area contributed by atoms with Crippen molar-refractivity contribution in [2.75, 3.05) is 5.73 Å². The third-order valence-corrected chi connectivity index (χ3v) is 7.27. The van der Waals surface area contributed by atoms with Gasteiger partial charge in [-0.3, -0.25) is 14.2 Å². The topological polar surface area (TPSA) is 89.4 Å². The summed E-state index contributed by atoms with van der Waals surface area (Å²) in [4.78, 5) is 27.8. The minimum atomic E-state index is -4.50. The second kappa shape index (κ2) is 7.62. The zero-order valence-electron chi connectivity index (χ0n) is 18.3. The Hall–Kier alpha value is -3.76. The van der Waals surface area contributed by atoms with Gasteiger partial charge in [0.2, 0.25) is 0 Å². The molecule has 0 spiro atoms. The van der Waals surface area contributed by atoms with Gasteiger partial charge in [-0.1, -0.05) is 0 Å². The second-order valence-electron chi connectivity index (χ2n) is 9.15. The van der Waals surface area contributed by atoms with Crippen molar-refractivity contribution in [3.8, 4) is 0 Å². The van der Waals surface area contributed by atoms with Gasteiger partial charge in [0.15, 0.2) is 0 Å². The molecular weight excluding hydrogens is 464 g/mol. The number of pyridine rings is 1. The van der Waals surface area contributed by atoms with Crippen LogP contribution in [0.1, 0.15) is 53.3 Å². The zero-order chi connectivity index (χ0) is 24.5. The molecule has 1 saturated carbocycles. The number of nitrogens with two attached hydrogens (primary N) is 1. The van der Waals surface area contributed by atoms with Crippen molar-refractivity contribution >= 4 is 28.3 Å². The maximum Gasteiger partial charge on any atom is 0.417 e. The minimum absolute atomic E-state index is 0.113. The first-order valence-corrected chi connectivity index (χ1v) is 11.3. The fourth-order valence-electron chi connectivity index (χ4n) is 5.35. The van der Waals surface area contributed by atoms with Crippen molar-refractivity contribution in [1.29, 1.82) is 0 Å². The maximum absolute atomic E-state index is 15.2. The van der Waals surface area contributed by atoms with Crippen molar-refractivity contribution in [1.82, 2.24) is 24.3 Å². The molecule has 1 aliphatic carbocycles. The van der Waals surface area contributed by atoms with Gasteiger partial charge in [-0.25, -0.2) is 14.4 Å². The lowest BCUT2D eigenvalue weighted by Crippen LogP contribution is -2.55. The number of rotatable bonds is 2. The van der Waals surface area contributed by atoms with E-state index in [1.54, 1.807) is 9.30 Å². The third-order valence-electron chi connectivity index (χ3n) is 7.27. The average molecular weight is 484 g/mol. The smallest absolute Gasteiger partial charge is 0.382 e. The Morgan fingerprint density at radius 3 is 2.54 bits per heavy atom. The van der Waals surface area contributed by atoms with Crippen LogP contribution in [0.5, 0.6) is 0 Å². The number of halogens is 4. The van der Waals surface area contributed by atoms with Crippen LogP contribution in [-0.4, -0.2) is 36.2 Å². The molecule has 3 atom stereocenters. The number of amides is 1. The van der Waals surface area contributed by atoms with Crippen LogP contribution in [0, 0.1) is 11.7 Å². The highest BCUT2D eigenvalue weighted by Crippen LogP contribution is 2.47. The molecule has 180 valence electrons. The van der Waals surface area contributed by atoms with E-state index in [1.807, 2.05) is 0 Å². The molecule has 3 aromatic heterocycles. The number of alkyl halides is 3. The van der Waals surface area contributed by atoms with Crippen molar-refractivity contribution in [3.05, 3.63) is 65.6 Å². The minimum Gasteiger partial charge on any atom is -0.382 e. The fourth-order valence-corrected chi connectivity index (χ4v) is 5.35. The Labute approximate surface area is 196 Å². The standard InChI is InChI=1S/C24H20F4N6O/c25-15-8-17-20(33-11-30-10-21(33)22(29)32-17)7-14(15)23(35)34-18-5-1-12(18)2-6-19(34)16-4-3-13(9-31-16)24(26,27)28/h3-4,7-12,18-19H,1-2,5-6H2,(H2,29,32)/t12-,18-,19?/m0/s1. The number of anilines is 1. The van der Waals surface area contributed by atoms with E-state index in [0.29, 0.717) is 23.1 Å². The van der Waals surface area contributed by atoms with Crippen molar-refractivity contribution in [2.24, 2.45) is 5.92 Å². The van der Waals surface area contributed by atoms with Gasteiger partial charge in [-0.05, 0) is 49.8 Å². The number of nitrogen functional groups attached to an aromatic ring is 1. The van der Waals surface area contributed by atoms with E-state index in [0.717, 1.165) is 31.5 Å². The Morgan fingerprint density at radius 1 is 1.06 bits per heavy atom. The average Bonchev–Trinajstić information content (AvgIpc) is 3.29. The number of hydrogen-bond donors (Lipinski definition) is 1. The maximum atomic E-state index is 15.2. The molecule has 2 fully saturated rings. The fraction of sp³-hybridized carbons (Fsp3) is 0.333. The van der Waals surface area contributed by atoms with E-state index in [4.69, 9.17) is 5.73 Å². The van der Waals surface area contributed by atoms with Crippen molar-refractivity contribution in [2.45, 2.75) is 43.9 Å². The molecule has 1 amide bonds. The van der Waals surface area contributed by atoms with E-state index < -0.39 is 29.5 Å². The predicted octanol–water partition coefficient (Wildman–Crippen LogP) is 4.77. The molecule has 2 aliphatic rings. The molecule has 1 saturated heterocycles. The highest BCUT2D eigenvalue weighted by atomic mass is 19.4. The SMILES string of the molecule is Nc1nc2cc(F)c(C(=O)N3C(c4ccc(C(F)(F)F)cn4)CC[C@@H]4CC[C@@H]43)cc2n2cncc12. The molecular formula is C24H20F4N6O. The normalized spacial score (nSPS) is 22.3. The number of aromatic nitrogens is 4. The molecule has 1 unspecified atom stereocenters. The predicted molar refractivity (Wildman–Crippen MR) is 119 cm³/mol. The molecule has 0 bridgehead atoms. The van der Waals surface area contributed by atoms with Crippen LogP contribution in [0.2, 0.25) is 0 Å². The van der Waals surface area contributed by atoms with Gasteiger partial charge in [0.25, 0.3) is 5.91 Å². The molecule has 35 heavy (non-hydrogen) atoms. The lowest BCUT2D eigenvalue weighted by molar-refractivity contribution is -0.137. The van der Waals surface area contributed by atoms with Gasteiger partial charge in [-0.15, -0.1) is 0 Å². The van der Waals surface area contributed by atoms with E-state index in [2.05, 4.69) is 15.0 Å². The van der Waals surface area contributed by atoms with Gasteiger partial charge in [0.1, 0.15) is 17.2 Å². The Morgan fingerprint density at radius 2 is 1.86 bits per heavy atom. The first-order chi connectivity index (χ1) is 16.7. The largest absolute Gasteiger partial charge is 0.417 e. The van der Waals surface area contributed by atoms with Crippen LogP contribution >= 0.6 is 0 Å². The Bertz CT molecular complexity index is 1470. The number of likely N-dealkylation sites (tertiary alicyclic amines) is 1. The molecule has 2 N–H and O–H groups in total. The van der Waals surface area contributed by atoms with Crippen LogP contribution in [0.4, 0.5) is 23.4 Å². The first-order valence-electron chi connectivity index (χ1n) is 11.3. The van der Waals surface area contributed by atoms with E-state index in [9.17, 15) is 18.0 Å². The lowest BCUT2D eigenvalue weighted by Gasteiger charge is -2.52. The van der Waals surface area contributed by atoms with Gasteiger partial charge < -0.3 is 10.6 Å². The van der Waals surface area contributed by atoms with Gasteiger partial charge in [0, 0.05) is 18.3 Å². The van der Waals surface area contributed by atoms with Crippen LogP contribution < -0.4 is 5.73 Å². The summed E-state index contributed by atoms with van der Waals surface area (Å²) in [6.45, 7) is 0. The molecule has 1 aromatic carbocycles. The van der Waals surface area contributed by atoms with E-state index in [-0.39, 0.29) is 28.9 Å². The van der Waals surface area contributed by atoms with Crippen LogP contribution in [0.3, 0.4) is 0 Å². The summed E-state index contributed by atoms with van der Waals surface area (Å²) in [5, 5.41) is 0. The van der Waals surface area contributed by atoms with Gasteiger partial charge in [0.05, 0.1) is 46.4 Å². The molecule has 4 heterocycles. The quantitative estimate of drug-likeness (QED) is 0.414. The molecule has 7 nitrogen and oxygen atoms in total. The van der Waals surface area contributed by atoms with Crippen molar-refractivity contribution in [3.63, 3.8) is 0 Å². The Balaban J connectivity index is 1.43. The molecule has 4 aromatic rings. The van der Waals surface area contributed by atoms with E-state index >= 15 is 4.39 Å². The number of piperidine rings is 1. The number of fused-ring (bicyclic) bond motifs is 4. The van der Waals surface area contributed by atoms with E-state index in [1.165, 1.54) is 30.7 Å². The molecule has 1 aliphatic heterocycles. The summed E-state index contributed by atoms with van der Waals surface area (Å²) in [5.74, 6) is -0.782. The number of nitrogens with zero attached hydrogens (tertiary/aromatic N) is 5. The van der Waals surface area contributed by atoms with Crippen LogP contribution in [0.25, 0.3) is 16.6 Å². The van der Waals surface area contributed by atoms with Crippen LogP contribution in [0.15, 0.2) is 43.0 Å². The zero-order valence-corrected chi connectivity index (χ0v) is 18.3. The van der Waals surface area contributed by atoms with Crippen molar-refractivity contribution < 1.29 is 22.4 Å². The summed E-state index contributed by atoms with van der Waals surface area (Å²) >= 11 is 0. The summed E-state index contributed by atoms with van der Waals surface area (Å²) in [5.41, 5.74) is 6.61.